The van der Waals surface area contributed by atoms with Gasteiger partial charge in [-0.1, -0.05) is 32.4 Å². The Balaban J connectivity index is 2.21. The van der Waals surface area contributed by atoms with E-state index in [0.29, 0.717) is 23.2 Å². The molecule has 0 unspecified atom stereocenters. The van der Waals surface area contributed by atoms with Crippen LogP contribution in [0.5, 0.6) is 0 Å². The number of benzene rings is 1. The molecule has 0 bridgehead atoms. The summed E-state index contributed by atoms with van der Waals surface area (Å²) in [6, 6.07) is 8.20. The molecule has 0 spiro atoms. The summed E-state index contributed by atoms with van der Waals surface area (Å²) >= 11 is 6.11. The zero-order valence-electron chi connectivity index (χ0n) is 13.5. The Morgan fingerprint density at radius 1 is 1.25 bits per heavy atom. The number of nitrogens with zero attached hydrogens (tertiary/aromatic N) is 2. The van der Waals surface area contributed by atoms with Crippen LogP contribution in [0.3, 0.4) is 0 Å². The van der Waals surface area contributed by atoms with Crippen LogP contribution in [0.15, 0.2) is 34.7 Å². The number of furan rings is 1. The van der Waals surface area contributed by atoms with E-state index in [9.17, 15) is 14.4 Å². The Labute approximate surface area is 144 Å². The van der Waals surface area contributed by atoms with Gasteiger partial charge in [0.15, 0.2) is 11.6 Å². The van der Waals surface area contributed by atoms with E-state index in [0.717, 1.165) is 11.0 Å². The Bertz CT molecular complexity index is 949. The predicted octanol–water partition coefficient (Wildman–Crippen LogP) is 3.80. The van der Waals surface area contributed by atoms with Crippen LogP contribution in [0.4, 0.5) is 0 Å². The highest BCUT2D eigenvalue weighted by atomic mass is 35.5. The van der Waals surface area contributed by atoms with E-state index < -0.39 is 7.60 Å². The molecule has 6 nitrogen and oxygen atoms in total. The molecule has 0 radical (unpaired) electrons. The van der Waals surface area contributed by atoms with Gasteiger partial charge < -0.3 is 18.8 Å². The standard InChI is InChI=1S/C16H18ClN2O4P/c1-16(2,3)9-19-12-8-10(17)4-5-11(12)18-15(19)13-6-7-14(23-13)24(20,21)22/h4-8H,9H2,1-3H3,(H2,20,21,22). The maximum Gasteiger partial charge on any atom is 0.391 e. The molecule has 0 amide bonds. The number of aromatic nitrogens is 2. The number of fused-ring (bicyclic) bond motifs is 1. The van der Waals surface area contributed by atoms with Gasteiger partial charge in [0.25, 0.3) is 0 Å². The van der Waals surface area contributed by atoms with Crippen molar-refractivity contribution in [1.82, 2.24) is 9.55 Å². The molecule has 0 saturated carbocycles. The van der Waals surface area contributed by atoms with Crippen molar-refractivity contribution < 1.29 is 18.8 Å². The van der Waals surface area contributed by atoms with Gasteiger partial charge >= 0.3 is 7.60 Å². The fraction of sp³-hybridized carbons (Fsp3) is 0.312. The number of imidazole rings is 1. The minimum Gasteiger partial charge on any atom is -0.445 e. The minimum atomic E-state index is -4.44. The van der Waals surface area contributed by atoms with Gasteiger partial charge in [0.05, 0.1) is 11.0 Å². The van der Waals surface area contributed by atoms with Crippen LogP contribution in [-0.4, -0.2) is 19.3 Å². The molecule has 1 aromatic carbocycles. The largest absolute Gasteiger partial charge is 0.445 e. The molecule has 3 rings (SSSR count). The molecular formula is C16H18ClN2O4P. The van der Waals surface area contributed by atoms with Crippen LogP contribution in [0.25, 0.3) is 22.6 Å². The summed E-state index contributed by atoms with van der Waals surface area (Å²) in [4.78, 5) is 23.1. The highest BCUT2D eigenvalue weighted by Gasteiger charge is 2.25. The third-order valence-corrected chi connectivity index (χ3v) is 4.49. The summed E-state index contributed by atoms with van der Waals surface area (Å²) in [6.07, 6.45) is 0. The van der Waals surface area contributed by atoms with E-state index in [1.54, 1.807) is 6.07 Å². The lowest BCUT2D eigenvalue weighted by Crippen LogP contribution is -2.16. The van der Waals surface area contributed by atoms with Crippen molar-refractivity contribution in [3.8, 4) is 11.6 Å². The molecule has 128 valence electrons. The smallest absolute Gasteiger partial charge is 0.391 e. The van der Waals surface area contributed by atoms with Gasteiger partial charge in [-0.25, -0.2) is 4.98 Å². The first-order valence-electron chi connectivity index (χ1n) is 7.37. The highest BCUT2D eigenvalue weighted by molar-refractivity contribution is 7.59. The lowest BCUT2D eigenvalue weighted by molar-refractivity contribution is 0.348. The molecule has 0 aliphatic heterocycles. The van der Waals surface area contributed by atoms with Crippen molar-refractivity contribution in [3.63, 3.8) is 0 Å². The van der Waals surface area contributed by atoms with E-state index in [4.69, 9.17) is 16.0 Å². The maximum atomic E-state index is 11.4. The van der Waals surface area contributed by atoms with Crippen LogP contribution in [0, 0.1) is 5.41 Å². The number of hydrogen-bond donors (Lipinski definition) is 2. The van der Waals surface area contributed by atoms with Crippen molar-refractivity contribution in [2.45, 2.75) is 27.3 Å². The Hall–Kier alpha value is -1.59. The second-order valence-electron chi connectivity index (χ2n) is 6.90. The van der Waals surface area contributed by atoms with E-state index in [2.05, 4.69) is 25.8 Å². The fourth-order valence-electron chi connectivity index (χ4n) is 2.52. The second kappa shape index (κ2) is 5.74. The maximum absolute atomic E-state index is 11.4. The van der Waals surface area contributed by atoms with Gasteiger partial charge in [-0.05, 0) is 35.7 Å². The first-order chi connectivity index (χ1) is 11.0. The number of halogens is 1. The molecule has 0 fully saturated rings. The summed E-state index contributed by atoms with van der Waals surface area (Å²) in [5.41, 5.74) is 1.18. The van der Waals surface area contributed by atoms with Crippen LogP contribution < -0.4 is 5.50 Å². The molecule has 24 heavy (non-hydrogen) atoms. The molecule has 3 aromatic rings. The number of hydrogen-bond acceptors (Lipinski definition) is 3. The summed E-state index contributed by atoms with van der Waals surface area (Å²) in [5.74, 6) is 0.826. The average molecular weight is 369 g/mol. The van der Waals surface area contributed by atoms with Crippen molar-refractivity contribution in [1.29, 1.82) is 0 Å². The molecule has 0 saturated heterocycles. The monoisotopic (exact) mass is 368 g/mol. The molecule has 0 aliphatic carbocycles. The zero-order chi connectivity index (χ0) is 17.7. The van der Waals surface area contributed by atoms with Gasteiger partial charge in [0, 0.05) is 11.6 Å². The predicted molar refractivity (Wildman–Crippen MR) is 93.6 cm³/mol. The fourth-order valence-corrected chi connectivity index (χ4v) is 3.18. The van der Waals surface area contributed by atoms with E-state index >= 15 is 0 Å². The third-order valence-electron chi connectivity index (χ3n) is 3.44. The van der Waals surface area contributed by atoms with Gasteiger partial charge in [-0.2, -0.15) is 0 Å². The first-order valence-corrected chi connectivity index (χ1v) is 9.36. The van der Waals surface area contributed by atoms with E-state index in [-0.39, 0.29) is 10.9 Å². The quantitative estimate of drug-likeness (QED) is 0.686. The molecule has 0 aliphatic rings. The third kappa shape index (κ3) is 3.42. The molecule has 2 aromatic heterocycles. The minimum absolute atomic E-state index is 0.0383. The van der Waals surface area contributed by atoms with Crippen LogP contribution in [0.2, 0.25) is 5.02 Å². The van der Waals surface area contributed by atoms with Gasteiger partial charge in [-0.3, -0.25) is 4.57 Å². The Morgan fingerprint density at radius 3 is 2.54 bits per heavy atom. The summed E-state index contributed by atoms with van der Waals surface area (Å²) in [6.45, 7) is 6.92. The number of rotatable bonds is 3. The van der Waals surface area contributed by atoms with E-state index in [1.165, 1.54) is 12.1 Å². The van der Waals surface area contributed by atoms with Crippen LogP contribution in [0.1, 0.15) is 20.8 Å². The lowest BCUT2D eigenvalue weighted by Gasteiger charge is -2.20. The van der Waals surface area contributed by atoms with Crippen molar-refractivity contribution in [2.75, 3.05) is 0 Å². The Morgan fingerprint density at radius 2 is 1.96 bits per heavy atom. The van der Waals surface area contributed by atoms with Crippen LogP contribution in [-0.2, 0) is 11.1 Å². The average Bonchev–Trinajstić information content (AvgIpc) is 3.02. The zero-order valence-corrected chi connectivity index (χ0v) is 15.2. The Kier molecular flexibility index (Phi) is 4.12. The van der Waals surface area contributed by atoms with Gasteiger partial charge in [-0.15, -0.1) is 0 Å². The molecule has 2 N–H and O–H groups in total. The first kappa shape index (κ1) is 17.2. The molecule has 2 heterocycles. The SMILES string of the molecule is CC(C)(C)Cn1c(-c2ccc(P(=O)(O)O)o2)nc2ccc(Cl)cc21. The van der Waals surface area contributed by atoms with Crippen molar-refractivity contribution in [2.24, 2.45) is 5.41 Å². The van der Waals surface area contributed by atoms with E-state index in [1.807, 2.05) is 16.7 Å². The molecular weight excluding hydrogens is 351 g/mol. The van der Waals surface area contributed by atoms with Gasteiger partial charge in [0.2, 0.25) is 5.50 Å². The van der Waals surface area contributed by atoms with Crippen LogP contribution >= 0.6 is 19.2 Å². The highest BCUT2D eigenvalue weighted by Crippen LogP contribution is 2.36. The lowest BCUT2D eigenvalue weighted by atomic mass is 9.96. The molecule has 8 heteroatoms. The summed E-state index contributed by atoms with van der Waals surface area (Å²) in [5, 5.41) is 0.597. The molecule has 0 atom stereocenters. The van der Waals surface area contributed by atoms with Gasteiger partial charge in [0.1, 0.15) is 0 Å². The summed E-state index contributed by atoms with van der Waals surface area (Å²) < 4.78 is 18.7. The second-order valence-corrected chi connectivity index (χ2v) is 8.86. The van der Waals surface area contributed by atoms with Crippen molar-refractivity contribution in [3.05, 3.63) is 35.4 Å². The topological polar surface area (TPSA) is 88.5 Å². The van der Waals surface area contributed by atoms with Crippen molar-refractivity contribution >= 4 is 35.7 Å². The normalized spacial score (nSPS) is 12.9. The summed E-state index contributed by atoms with van der Waals surface area (Å²) in [7, 11) is -4.44.